The molecule has 0 unspecified atom stereocenters. The van der Waals surface area contributed by atoms with E-state index in [2.05, 4.69) is 117 Å². The van der Waals surface area contributed by atoms with Crippen LogP contribution in [-0.4, -0.2) is 15.0 Å². The number of benzene rings is 7. The van der Waals surface area contributed by atoms with Crippen molar-refractivity contribution >= 4 is 43.9 Å². The maximum Gasteiger partial charge on any atom is 0.167 e. The lowest BCUT2D eigenvalue weighted by molar-refractivity contribution is 0.660. The highest BCUT2D eigenvalue weighted by atomic mass is 16.3. The zero-order valence-electron chi connectivity index (χ0n) is 29.1. The molecule has 0 atom stereocenters. The molecule has 0 spiro atoms. The predicted octanol–water partition coefficient (Wildman–Crippen LogP) is 12.6. The Hall–Kier alpha value is -6.85. The van der Waals surface area contributed by atoms with Gasteiger partial charge in [0, 0.05) is 38.1 Å². The van der Waals surface area contributed by atoms with Crippen molar-refractivity contribution in [2.45, 2.75) is 19.3 Å². The van der Waals surface area contributed by atoms with Gasteiger partial charge in [-0.05, 0) is 69.8 Å². The van der Waals surface area contributed by atoms with Crippen molar-refractivity contribution in [1.82, 2.24) is 15.0 Å². The second kappa shape index (κ2) is 11.1. The summed E-state index contributed by atoms with van der Waals surface area (Å²) in [4.78, 5) is 15.5. The number of hydrogen-bond donors (Lipinski definition) is 0. The Kier molecular flexibility index (Phi) is 6.23. The molecule has 0 amide bonds. The highest BCUT2D eigenvalue weighted by Gasteiger charge is 2.35. The Morgan fingerprint density at radius 1 is 0.396 bits per heavy atom. The molecule has 0 bridgehead atoms. The second-order valence-corrected chi connectivity index (χ2v) is 14.4. The summed E-state index contributed by atoms with van der Waals surface area (Å²) in [6.07, 6.45) is 0. The third-order valence-corrected chi connectivity index (χ3v) is 11.0. The maximum atomic E-state index is 6.51. The maximum absolute atomic E-state index is 6.51. The highest BCUT2D eigenvalue weighted by Crippen LogP contribution is 2.49. The van der Waals surface area contributed by atoms with E-state index in [9.17, 15) is 0 Å². The normalized spacial score (nSPS) is 13.2. The minimum atomic E-state index is -0.0980. The van der Waals surface area contributed by atoms with E-state index in [0.29, 0.717) is 17.5 Å². The van der Waals surface area contributed by atoms with Crippen LogP contribution in [0.2, 0.25) is 0 Å². The molecule has 250 valence electrons. The molecule has 7 aromatic carbocycles. The average molecular weight is 682 g/mol. The van der Waals surface area contributed by atoms with Crippen LogP contribution in [0.3, 0.4) is 0 Å². The van der Waals surface area contributed by atoms with Gasteiger partial charge in [-0.1, -0.05) is 129 Å². The lowest BCUT2D eigenvalue weighted by Crippen LogP contribution is -2.14. The molecule has 11 rings (SSSR count). The quantitative estimate of drug-likeness (QED) is 0.185. The number of hydrogen-bond acceptors (Lipinski definition) is 5. The fraction of sp³-hybridized carbons (Fsp3) is 0.0625. The van der Waals surface area contributed by atoms with E-state index >= 15 is 0 Å². The fourth-order valence-corrected chi connectivity index (χ4v) is 8.36. The van der Waals surface area contributed by atoms with E-state index in [0.717, 1.165) is 71.7 Å². The van der Waals surface area contributed by atoms with Crippen molar-refractivity contribution in [3.63, 3.8) is 0 Å². The Balaban J connectivity index is 1.13. The van der Waals surface area contributed by atoms with Gasteiger partial charge in [-0.2, -0.15) is 0 Å². The molecule has 3 heterocycles. The molecule has 0 N–H and O–H groups in total. The summed E-state index contributed by atoms with van der Waals surface area (Å²) in [6, 6.07) is 52.5. The summed E-state index contributed by atoms with van der Waals surface area (Å²) < 4.78 is 13.0. The monoisotopic (exact) mass is 681 g/mol. The molecule has 5 nitrogen and oxygen atoms in total. The van der Waals surface area contributed by atoms with Gasteiger partial charge in [0.2, 0.25) is 0 Å². The molecule has 0 aliphatic heterocycles. The summed E-state index contributed by atoms with van der Waals surface area (Å²) in [5.74, 6) is 1.70. The van der Waals surface area contributed by atoms with Gasteiger partial charge in [-0.3, -0.25) is 0 Å². The molecule has 5 heteroatoms. The Morgan fingerprint density at radius 2 is 1.04 bits per heavy atom. The fourth-order valence-electron chi connectivity index (χ4n) is 8.36. The lowest BCUT2D eigenvalue weighted by Gasteiger charge is -2.21. The average Bonchev–Trinajstić information content (AvgIpc) is 3.85. The summed E-state index contributed by atoms with van der Waals surface area (Å²) in [5, 5.41) is 4.22. The first-order valence-electron chi connectivity index (χ1n) is 17.9. The summed E-state index contributed by atoms with van der Waals surface area (Å²) in [5.41, 5.74) is 13.1. The molecular formula is C48H31N3O2. The van der Waals surface area contributed by atoms with Gasteiger partial charge in [-0.15, -0.1) is 0 Å². The van der Waals surface area contributed by atoms with Gasteiger partial charge in [0.1, 0.15) is 22.3 Å². The van der Waals surface area contributed by atoms with Crippen molar-refractivity contribution in [2.24, 2.45) is 0 Å². The van der Waals surface area contributed by atoms with Crippen LogP contribution in [0, 0.1) is 0 Å². The van der Waals surface area contributed by atoms with Crippen LogP contribution in [0.4, 0.5) is 0 Å². The Bertz CT molecular complexity index is 3100. The van der Waals surface area contributed by atoms with Crippen LogP contribution in [0.15, 0.2) is 160 Å². The number of para-hydroxylation sites is 2. The third kappa shape index (κ3) is 4.47. The Labute approximate surface area is 305 Å². The van der Waals surface area contributed by atoms with E-state index in [4.69, 9.17) is 23.8 Å². The molecule has 53 heavy (non-hydrogen) atoms. The predicted molar refractivity (Wildman–Crippen MR) is 214 cm³/mol. The highest BCUT2D eigenvalue weighted by molar-refractivity contribution is 6.13. The van der Waals surface area contributed by atoms with Crippen molar-refractivity contribution in [3.8, 4) is 56.4 Å². The van der Waals surface area contributed by atoms with Crippen LogP contribution in [-0.2, 0) is 5.41 Å². The van der Waals surface area contributed by atoms with Gasteiger partial charge in [0.25, 0.3) is 0 Å². The van der Waals surface area contributed by atoms with E-state index in [1.165, 1.54) is 22.3 Å². The lowest BCUT2D eigenvalue weighted by atomic mass is 9.82. The zero-order chi connectivity index (χ0) is 35.3. The smallest absolute Gasteiger partial charge is 0.167 e. The molecule has 1 aliphatic rings. The number of nitrogens with zero attached hydrogens (tertiary/aromatic N) is 3. The van der Waals surface area contributed by atoms with Gasteiger partial charge in [0.15, 0.2) is 17.5 Å². The Morgan fingerprint density at radius 3 is 1.92 bits per heavy atom. The van der Waals surface area contributed by atoms with Crippen LogP contribution < -0.4 is 0 Å². The minimum Gasteiger partial charge on any atom is -0.456 e. The van der Waals surface area contributed by atoms with Crippen LogP contribution in [0.25, 0.3) is 100 Å². The van der Waals surface area contributed by atoms with E-state index in [1.807, 2.05) is 48.5 Å². The van der Waals surface area contributed by atoms with Crippen molar-refractivity contribution in [2.75, 3.05) is 0 Å². The van der Waals surface area contributed by atoms with Gasteiger partial charge in [0.05, 0.1) is 5.56 Å². The topological polar surface area (TPSA) is 65.0 Å². The van der Waals surface area contributed by atoms with Gasteiger partial charge in [-0.25, -0.2) is 15.0 Å². The largest absolute Gasteiger partial charge is 0.456 e. The van der Waals surface area contributed by atoms with Crippen LogP contribution >= 0.6 is 0 Å². The van der Waals surface area contributed by atoms with E-state index in [1.54, 1.807) is 0 Å². The molecule has 0 saturated heterocycles. The zero-order valence-corrected chi connectivity index (χ0v) is 29.1. The van der Waals surface area contributed by atoms with Crippen molar-refractivity contribution in [3.05, 3.63) is 163 Å². The van der Waals surface area contributed by atoms with Crippen molar-refractivity contribution < 1.29 is 8.83 Å². The molecule has 0 radical (unpaired) electrons. The first-order valence-corrected chi connectivity index (χ1v) is 17.9. The molecule has 0 saturated carbocycles. The number of fused-ring (bicyclic) bond motifs is 9. The van der Waals surface area contributed by atoms with Crippen molar-refractivity contribution in [1.29, 1.82) is 0 Å². The number of rotatable bonds is 4. The van der Waals surface area contributed by atoms with Gasteiger partial charge < -0.3 is 8.83 Å². The van der Waals surface area contributed by atoms with E-state index < -0.39 is 0 Å². The number of aromatic nitrogens is 3. The SMILES string of the molecule is CC1(C)c2ccccc2-c2cc(-c3nc(-c4ccc5c(c4)oc4cccc(-c6ccccc6)c45)nc(-c4cccc5c4oc4ccccc45)n3)ccc21. The molecule has 10 aromatic rings. The summed E-state index contributed by atoms with van der Waals surface area (Å²) >= 11 is 0. The molecular weight excluding hydrogens is 651 g/mol. The van der Waals surface area contributed by atoms with Gasteiger partial charge >= 0.3 is 0 Å². The minimum absolute atomic E-state index is 0.0980. The third-order valence-electron chi connectivity index (χ3n) is 11.0. The first-order chi connectivity index (χ1) is 26.0. The summed E-state index contributed by atoms with van der Waals surface area (Å²) in [6.45, 7) is 4.59. The van der Waals surface area contributed by atoms with Crippen LogP contribution in [0.5, 0.6) is 0 Å². The van der Waals surface area contributed by atoms with Crippen LogP contribution in [0.1, 0.15) is 25.0 Å². The molecule has 1 aliphatic carbocycles. The standard InChI is InChI=1S/C48H31N3O2/c1-48(2)38-19-8-6-14-32(38)37-26-29(23-25-39(37)48)45-49-46(51-47(50-45)36-18-10-17-34-33-15-7-9-20-40(33)53-44(34)36)30-22-24-35-42(27-30)52-41-21-11-16-31(43(35)41)28-12-4-3-5-13-28/h3-27H,1-2H3. The molecule has 3 aromatic heterocycles. The summed E-state index contributed by atoms with van der Waals surface area (Å²) in [7, 11) is 0. The molecule has 0 fully saturated rings. The first kappa shape index (κ1) is 29.8. The second-order valence-electron chi connectivity index (χ2n) is 14.4. The van der Waals surface area contributed by atoms with E-state index in [-0.39, 0.29) is 5.41 Å². The number of furan rings is 2.